The predicted molar refractivity (Wildman–Crippen MR) is 89.7 cm³/mol. The van der Waals surface area contributed by atoms with Crippen molar-refractivity contribution in [3.05, 3.63) is 41.2 Å². The number of aromatic nitrogens is 4. The van der Waals surface area contributed by atoms with E-state index < -0.39 is 0 Å². The zero-order chi connectivity index (χ0) is 18.0. The molecule has 3 heterocycles. The molecule has 0 saturated carbocycles. The number of hydrogen-bond donors (Lipinski definition) is 1. The highest BCUT2D eigenvalue weighted by Gasteiger charge is 2.23. The second-order valence-corrected chi connectivity index (χ2v) is 6.17. The van der Waals surface area contributed by atoms with Crippen LogP contribution in [0.1, 0.15) is 27.6 Å². The minimum absolute atomic E-state index is 0.0137. The quantitative estimate of drug-likeness (QED) is 0.871. The van der Waals surface area contributed by atoms with Crippen LogP contribution < -0.4 is 5.32 Å². The molecule has 1 aliphatic heterocycles. The van der Waals surface area contributed by atoms with Crippen LogP contribution in [0, 0.1) is 6.92 Å². The van der Waals surface area contributed by atoms with Gasteiger partial charge in [-0.25, -0.2) is 9.78 Å². The first-order valence-electron chi connectivity index (χ1n) is 8.02. The van der Waals surface area contributed by atoms with Gasteiger partial charge in [0.1, 0.15) is 5.69 Å². The van der Waals surface area contributed by atoms with E-state index in [0.29, 0.717) is 26.2 Å². The van der Waals surface area contributed by atoms with Gasteiger partial charge in [0.25, 0.3) is 5.91 Å². The molecule has 0 unspecified atom stereocenters. The molecule has 1 aliphatic rings. The first-order chi connectivity index (χ1) is 11.9. The van der Waals surface area contributed by atoms with Crippen molar-refractivity contribution in [1.82, 2.24) is 34.9 Å². The Labute approximate surface area is 145 Å². The van der Waals surface area contributed by atoms with E-state index in [-0.39, 0.29) is 17.6 Å². The van der Waals surface area contributed by atoms with Crippen molar-refractivity contribution in [2.24, 2.45) is 0 Å². The number of nitrogens with zero attached hydrogens (tertiary/aromatic N) is 6. The number of urea groups is 1. The van der Waals surface area contributed by atoms with Crippen molar-refractivity contribution in [2.45, 2.75) is 26.6 Å². The number of hydrogen-bond acceptors (Lipinski definition) is 5. The van der Waals surface area contributed by atoms with Crippen LogP contribution in [0.15, 0.2) is 18.5 Å². The van der Waals surface area contributed by atoms with Crippen molar-refractivity contribution in [2.75, 3.05) is 20.6 Å². The van der Waals surface area contributed by atoms with E-state index in [2.05, 4.69) is 20.4 Å². The lowest BCUT2D eigenvalue weighted by molar-refractivity contribution is 0.0944. The van der Waals surface area contributed by atoms with E-state index in [1.807, 2.05) is 17.7 Å². The number of carbonyl (C=O) groups is 2. The van der Waals surface area contributed by atoms with Crippen molar-refractivity contribution < 1.29 is 9.59 Å². The maximum atomic E-state index is 12.1. The third kappa shape index (κ3) is 3.76. The monoisotopic (exact) mass is 343 g/mol. The molecule has 0 saturated heterocycles. The van der Waals surface area contributed by atoms with Gasteiger partial charge in [-0.1, -0.05) is 0 Å². The molecule has 1 N–H and O–H groups in total. The molecule has 0 atom stereocenters. The summed E-state index contributed by atoms with van der Waals surface area (Å²) < 4.78 is 1.88. The number of amides is 3. The lowest BCUT2D eigenvalue weighted by Crippen LogP contribution is -2.43. The number of nitrogens with one attached hydrogen (secondary N) is 1. The highest BCUT2D eigenvalue weighted by atomic mass is 16.2. The van der Waals surface area contributed by atoms with Gasteiger partial charge in [-0.05, 0) is 13.0 Å². The van der Waals surface area contributed by atoms with Crippen LogP contribution in [-0.2, 0) is 19.6 Å². The molecule has 2 aromatic rings. The summed E-state index contributed by atoms with van der Waals surface area (Å²) in [5, 5.41) is 7.27. The maximum absolute atomic E-state index is 12.1. The van der Waals surface area contributed by atoms with Gasteiger partial charge >= 0.3 is 6.03 Å². The molecule has 25 heavy (non-hydrogen) atoms. The Kier molecular flexibility index (Phi) is 4.64. The standard InChI is InChI=1S/C16H21N7O2/c1-11-7-18-14(9-17-11)15(24)19-8-12-6-13-10-22(16(25)21(2)3)4-5-23(13)20-12/h6-7,9H,4-5,8,10H2,1-3H3,(H,19,24). The van der Waals surface area contributed by atoms with Crippen molar-refractivity contribution in [3.63, 3.8) is 0 Å². The summed E-state index contributed by atoms with van der Waals surface area (Å²) in [5.41, 5.74) is 2.75. The van der Waals surface area contributed by atoms with E-state index in [1.54, 1.807) is 30.1 Å². The second-order valence-electron chi connectivity index (χ2n) is 6.17. The largest absolute Gasteiger partial charge is 0.345 e. The molecule has 0 aromatic carbocycles. The minimum atomic E-state index is -0.289. The Morgan fingerprint density at radius 2 is 2.04 bits per heavy atom. The SMILES string of the molecule is Cc1cnc(C(=O)NCc2cc3n(n2)CCN(C(=O)N(C)C)C3)cn1. The van der Waals surface area contributed by atoms with Gasteiger partial charge in [-0.2, -0.15) is 5.10 Å². The molecular weight excluding hydrogens is 322 g/mol. The molecule has 9 heteroatoms. The summed E-state index contributed by atoms with van der Waals surface area (Å²) in [6, 6.07) is 1.90. The summed E-state index contributed by atoms with van der Waals surface area (Å²) in [7, 11) is 3.48. The van der Waals surface area contributed by atoms with Crippen LogP contribution in [0.25, 0.3) is 0 Å². The Morgan fingerprint density at radius 1 is 1.24 bits per heavy atom. The fourth-order valence-electron chi connectivity index (χ4n) is 2.63. The van der Waals surface area contributed by atoms with Gasteiger partial charge in [0.15, 0.2) is 0 Å². The topological polar surface area (TPSA) is 96.2 Å². The van der Waals surface area contributed by atoms with Gasteiger partial charge < -0.3 is 15.1 Å². The normalized spacial score (nSPS) is 13.3. The molecule has 0 fully saturated rings. The number of aryl methyl sites for hydroxylation is 1. The zero-order valence-electron chi connectivity index (χ0n) is 14.6. The third-order valence-corrected chi connectivity index (χ3v) is 3.95. The Hall–Kier alpha value is -2.97. The predicted octanol–water partition coefficient (Wildman–Crippen LogP) is 0.409. The van der Waals surface area contributed by atoms with Crippen LogP contribution in [0.4, 0.5) is 4.79 Å². The summed E-state index contributed by atoms with van der Waals surface area (Å²) in [5.74, 6) is -0.289. The van der Waals surface area contributed by atoms with Crippen LogP contribution in [-0.4, -0.2) is 62.1 Å². The number of carbonyl (C=O) groups excluding carboxylic acids is 2. The molecule has 2 aromatic heterocycles. The maximum Gasteiger partial charge on any atom is 0.319 e. The van der Waals surface area contributed by atoms with Crippen LogP contribution in [0.5, 0.6) is 0 Å². The summed E-state index contributed by atoms with van der Waals surface area (Å²) in [6.45, 7) is 3.90. The summed E-state index contributed by atoms with van der Waals surface area (Å²) >= 11 is 0. The van der Waals surface area contributed by atoms with E-state index >= 15 is 0 Å². The van der Waals surface area contributed by atoms with Crippen LogP contribution in [0.2, 0.25) is 0 Å². The molecule has 3 amide bonds. The summed E-state index contributed by atoms with van der Waals surface area (Å²) in [4.78, 5) is 35.6. The first kappa shape index (κ1) is 16.9. The first-order valence-corrected chi connectivity index (χ1v) is 8.02. The Morgan fingerprint density at radius 3 is 2.72 bits per heavy atom. The van der Waals surface area contributed by atoms with Crippen molar-refractivity contribution in [1.29, 1.82) is 0 Å². The van der Waals surface area contributed by atoms with Gasteiger partial charge in [-0.15, -0.1) is 0 Å². The Bertz CT molecular complexity index is 782. The van der Waals surface area contributed by atoms with Gasteiger partial charge in [0, 0.05) is 26.8 Å². The molecule has 0 spiro atoms. The molecule has 9 nitrogen and oxygen atoms in total. The average Bonchev–Trinajstić information content (AvgIpc) is 3.01. The lowest BCUT2D eigenvalue weighted by atomic mass is 10.3. The summed E-state index contributed by atoms with van der Waals surface area (Å²) in [6.07, 6.45) is 3.01. The van der Waals surface area contributed by atoms with E-state index in [9.17, 15) is 9.59 Å². The molecule has 0 radical (unpaired) electrons. The van der Waals surface area contributed by atoms with Crippen LogP contribution >= 0.6 is 0 Å². The Balaban J connectivity index is 1.61. The smallest absolute Gasteiger partial charge is 0.319 e. The highest BCUT2D eigenvalue weighted by molar-refractivity contribution is 5.91. The molecule has 3 rings (SSSR count). The molecular formula is C16H21N7O2. The van der Waals surface area contributed by atoms with Crippen molar-refractivity contribution in [3.8, 4) is 0 Å². The lowest BCUT2D eigenvalue weighted by Gasteiger charge is -2.29. The zero-order valence-corrected chi connectivity index (χ0v) is 14.6. The highest BCUT2D eigenvalue weighted by Crippen LogP contribution is 2.14. The molecule has 0 aliphatic carbocycles. The van der Waals surface area contributed by atoms with Crippen LogP contribution in [0.3, 0.4) is 0 Å². The van der Waals surface area contributed by atoms with E-state index in [0.717, 1.165) is 17.1 Å². The van der Waals surface area contributed by atoms with Gasteiger partial charge in [0.2, 0.25) is 0 Å². The van der Waals surface area contributed by atoms with Crippen molar-refractivity contribution >= 4 is 11.9 Å². The van der Waals surface area contributed by atoms with E-state index in [1.165, 1.54) is 6.20 Å². The average molecular weight is 343 g/mol. The number of fused-ring (bicyclic) bond motifs is 1. The van der Waals surface area contributed by atoms with E-state index in [4.69, 9.17) is 0 Å². The minimum Gasteiger partial charge on any atom is -0.345 e. The molecule has 132 valence electrons. The fourth-order valence-corrected chi connectivity index (χ4v) is 2.63. The fraction of sp³-hybridized carbons (Fsp3) is 0.438. The third-order valence-electron chi connectivity index (χ3n) is 3.95. The number of rotatable bonds is 3. The van der Waals surface area contributed by atoms with Gasteiger partial charge in [-0.3, -0.25) is 14.5 Å². The van der Waals surface area contributed by atoms with Gasteiger partial charge in [0.05, 0.1) is 42.9 Å². The molecule has 0 bridgehead atoms. The second kappa shape index (κ2) is 6.88.